The SMILES string of the molecule is O=C(CCCN1C(=O)/C(=C/c2cccs2)SC1=S)Nc1ccc(Cc2nnc(-c3ccccc3)o2)cc1. The minimum Gasteiger partial charge on any atom is -0.420 e. The zero-order valence-electron chi connectivity index (χ0n) is 19.6. The van der Waals surface area contributed by atoms with Crippen LogP contribution >= 0.6 is 35.3 Å². The molecule has 0 saturated carbocycles. The molecule has 2 amide bonds. The number of benzene rings is 2. The normalized spacial score (nSPS) is 14.5. The standard InChI is InChI=1S/C27H22N4O3S3/c32-23(9-4-14-31-26(33)22(37-27(31)35)17-21-8-5-15-36-21)28-20-12-10-18(11-13-20)16-24-29-30-25(34-24)19-6-2-1-3-7-19/h1-3,5-8,10-13,15,17H,4,9,14,16H2,(H,28,32)/b22-17-. The molecule has 2 aromatic carbocycles. The third kappa shape index (κ3) is 6.40. The lowest BCUT2D eigenvalue weighted by Gasteiger charge is -2.14. The summed E-state index contributed by atoms with van der Waals surface area (Å²) < 4.78 is 6.30. The van der Waals surface area contributed by atoms with Crippen molar-refractivity contribution < 1.29 is 14.0 Å². The summed E-state index contributed by atoms with van der Waals surface area (Å²) in [6.45, 7) is 0.411. The minimum absolute atomic E-state index is 0.100. The van der Waals surface area contributed by atoms with E-state index in [2.05, 4.69) is 15.5 Å². The van der Waals surface area contributed by atoms with E-state index in [1.165, 1.54) is 11.8 Å². The second-order valence-electron chi connectivity index (χ2n) is 8.24. The van der Waals surface area contributed by atoms with Crippen LogP contribution in [0.25, 0.3) is 17.5 Å². The minimum atomic E-state index is -0.114. The Hall–Kier alpha value is -3.60. The fourth-order valence-corrected chi connectivity index (χ4v) is 5.75. The molecular formula is C27H22N4O3S3. The Kier molecular flexibility index (Phi) is 7.88. The van der Waals surface area contributed by atoms with E-state index >= 15 is 0 Å². The van der Waals surface area contributed by atoms with Gasteiger partial charge >= 0.3 is 0 Å². The lowest BCUT2D eigenvalue weighted by molar-refractivity contribution is -0.122. The molecule has 0 unspecified atom stereocenters. The van der Waals surface area contributed by atoms with Crippen molar-refractivity contribution in [3.05, 3.63) is 93.3 Å². The van der Waals surface area contributed by atoms with Crippen LogP contribution in [0.1, 0.15) is 29.2 Å². The van der Waals surface area contributed by atoms with Crippen molar-refractivity contribution in [2.24, 2.45) is 0 Å². The Morgan fingerprint density at radius 2 is 1.86 bits per heavy atom. The van der Waals surface area contributed by atoms with Gasteiger partial charge in [0.05, 0.1) is 11.3 Å². The lowest BCUT2D eigenvalue weighted by atomic mass is 10.1. The zero-order valence-corrected chi connectivity index (χ0v) is 22.1. The van der Waals surface area contributed by atoms with Crippen molar-refractivity contribution in [2.45, 2.75) is 19.3 Å². The summed E-state index contributed by atoms with van der Waals surface area (Å²) in [6.07, 6.45) is 3.16. The number of nitrogens with zero attached hydrogens (tertiary/aromatic N) is 3. The van der Waals surface area contributed by atoms with Crippen LogP contribution in [0.15, 0.2) is 81.4 Å². The number of thioether (sulfide) groups is 1. The molecule has 0 spiro atoms. The van der Waals surface area contributed by atoms with E-state index in [-0.39, 0.29) is 18.2 Å². The van der Waals surface area contributed by atoms with E-state index in [9.17, 15) is 9.59 Å². The average molecular weight is 547 g/mol. The highest BCUT2D eigenvalue weighted by atomic mass is 32.2. The van der Waals surface area contributed by atoms with E-state index in [1.54, 1.807) is 16.2 Å². The number of aromatic nitrogens is 2. The average Bonchev–Trinajstić information content (AvgIpc) is 3.65. The maximum atomic E-state index is 12.7. The van der Waals surface area contributed by atoms with Gasteiger partial charge in [-0.15, -0.1) is 21.5 Å². The highest BCUT2D eigenvalue weighted by Crippen LogP contribution is 2.33. The van der Waals surface area contributed by atoms with Crippen LogP contribution in [0.2, 0.25) is 0 Å². The van der Waals surface area contributed by atoms with Gasteiger partial charge in [-0.2, -0.15) is 0 Å². The van der Waals surface area contributed by atoms with Gasteiger partial charge in [0.2, 0.25) is 17.7 Å². The van der Waals surface area contributed by atoms with Crippen LogP contribution in [0.3, 0.4) is 0 Å². The van der Waals surface area contributed by atoms with Gasteiger partial charge in [-0.25, -0.2) is 0 Å². The van der Waals surface area contributed by atoms with Crippen molar-refractivity contribution in [3.63, 3.8) is 0 Å². The number of thiophene rings is 1. The number of carbonyl (C=O) groups excluding carboxylic acids is 2. The predicted octanol–water partition coefficient (Wildman–Crippen LogP) is 6.01. The summed E-state index contributed by atoms with van der Waals surface area (Å²) in [6, 6.07) is 21.1. The van der Waals surface area contributed by atoms with Crippen molar-refractivity contribution in [3.8, 4) is 11.5 Å². The first-order valence-corrected chi connectivity index (χ1v) is 13.7. The zero-order chi connectivity index (χ0) is 25.6. The van der Waals surface area contributed by atoms with Crippen molar-refractivity contribution in [2.75, 3.05) is 11.9 Å². The maximum absolute atomic E-state index is 12.7. The number of rotatable bonds is 9. The molecule has 4 aromatic rings. The van der Waals surface area contributed by atoms with E-state index in [0.29, 0.717) is 46.1 Å². The van der Waals surface area contributed by atoms with Gasteiger partial charge in [0.15, 0.2) is 0 Å². The van der Waals surface area contributed by atoms with E-state index in [4.69, 9.17) is 16.6 Å². The monoisotopic (exact) mass is 546 g/mol. The van der Waals surface area contributed by atoms with Crippen molar-refractivity contribution >= 4 is 63.2 Å². The molecule has 5 rings (SSSR count). The van der Waals surface area contributed by atoms with Crippen molar-refractivity contribution in [1.82, 2.24) is 15.1 Å². The number of hydrogen-bond acceptors (Lipinski definition) is 8. The van der Waals surface area contributed by atoms with Crippen LogP contribution in [-0.4, -0.2) is 37.8 Å². The summed E-state index contributed by atoms with van der Waals surface area (Å²) in [5.41, 5.74) is 2.57. The van der Waals surface area contributed by atoms with E-state index in [1.807, 2.05) is 78.2 Å². The number of hydrogen-bond donors (Lipinski definition) is 1. The third-order valence-corrected chi connectivity index (χ3v) is 7.75. The molecule has 0 aliphatic carbocycles. The topological polar surface area (TPSA) is 88.3 Å². The van der Waals surface area contributed by atoms with Gasteiger partial charge in [-0.05, 0) is 53.8 Å². The summed E-state index contributed by atoms with van der Waals surface area (Å²) in [4.78, 5) is 28.3. The molecular weight excluding hydrogens is 525 g/mol. The molecule has 0 bridgehead atoms. The molecule has 0 radical (unpaired) electrons. The van der Waals surface area contributed by atoms with Gasteiger partial charge in [0.25, 0.3) is 5.91 Å². The number of anilines is 1. The second-order valence-corrected chi connectivity index (χ2v) is 10.9. The first-order valence-electron chi connectivity index (χ1n) is 11.6. The van der Waals surface area contributed by atoms with Crippen LogP contribution in [0, 0.1) is 0 Å². The highest BCUT2D eigenvalue weighted by molar-refractivity contribution is 8.26. The molecule has 10 heteroatoms. The Morgan fingerprint density at radius 1 is 1.05 bits per heavy atom. The number of thiocarbonyl (C=S) groups is 1. The number of amides is 2. The molecule has 186 valence electrons. The van der Waals surface area contributed by atoms with Crippen LogP contribution in [0.4, 0.5) is 5.69 Å². The Morgan fingerprint density at radius 3 is 2.62 bits per heavy atom. The highest BCUT2D eigenvalue weighted by Gasteiger charge is 2.31. The van der Waals surface area contributed by atoms with Gasteiger partial charge in [0, 0.05) is 29.1 Å². The molecule has 1 fully saturated rings. The lowest BCUT2D eigenvalue weighted by Crippen LogP contribution is -2.29. The first kappa shape index (κ1) is 25.1. The van der Waals surface area contributed by atoms with Crippen molar-refractivity contribution in [1.29, 1.82) is 0 Å². The van der Waals surface area contributed by atoms with E-state index in [0.717, 1.165) is 16.0 Å². The third-order valence-electron chi connectivity index (χ3n) is 5.56. The predicted molar refractivity (Wildman–Crippen MR) is 151 cm³/mol. The summed E-state index contributed by atoms with van der Waals surface area (Å²) in [5, 5.41) is 13.1. The van der Waals surface area contributed by atoms with Gasteiger partial charge in [-0.3, -0.25) is 14.5 Å². The summed E-state index contributed by atoms with van der Waals surface area (Å²) >= 11 is 8.25. The quantitative estimate of drug-likeness (QED) is 0.203. The first-order chi connectivity index (χ1) is 18.0. The largest absolute Gasteiger partial charge is 0.420 e. The van der Waals surface area contributed by atoms with E-state index < -0.39 is 0 Å². The number of carbonyl (C=O) groups is 2. The second kappa shape index (κ2) is 11.6. The Labute approximate surface area is 227 Å². The molecule has 3 heterocycles. The Balaban J connectivity index is 1.08. The van der Waals surface area contributed by atoms with Crippen LogP contribution < -0.4 is 5.32 Å². The molecule has 1 N–H and O–H groups in total. The smallest absolute Gasteiger partial charge is 0.266 e. The van der Waals surface area contributed by atoms with Gasteiger partial charge in [-0.1, -0.05) is 60.4 Å². The molecule has 0 atom stereocenters. The molecule has 1 aliphatic heterocycles. The van der Waals surface area contributed by atoms with Gasteiger partial charge < -0.3 is 9.73 Å². The summed E-state index contributed by atoms with van der Waals surface area (Å²) in [5.74, 6) is 0.800. The Bertz CT molecular complexity index is 1430. The van der Waals surface area contributed by atoms with Gasteiger partial charge in [0.1, 0.15) is 4.32 Å². The number of nitrogens with one attached hydrogen (secondary N) is 1. The van der Waals surface area contributed by atoms with Crippen LogP contribution in [-0.2, 0) is 16.0 Å². The molecule has 37 heavy (non-hydrogen) atoms. The fraction of sp³-hybridized carbons (Fsp3) is 0.148. The molecule has 1 saturated heterocycles. The molecule has 7 nitrogen and oxygen atoms in total. The summed E-state index contributed by atoms with van der Waals surface area (Å²) in [7, 11) is 0. The molecule has 1 aliphatic rings. The molecule has 2 aromatic heterocycles. The fourth-order valence-electron chi connectivity index (χ4n) is 3.72. The maximum Gasteiger partial charge on any atom is 0.266 e. The van der Waals surface area contributed by atoms with Crippen LogP contribution in [0.5, 0.6) is 0 Å².